The van der Waals surface area contributed by atoms with Gasteiger partial charge in [0.15, 0.2) is 6.04 Å². The van der Waals surface area contributed by atoms with Crippen molar-refractivity contribution in [2.24, 2.45) is 0 Å². The first kappa shape index (κ1) is 13.8. The van der Waals surface area contributed by atoms with E-state index in [1.165, 1.54) is 12.1 Å². The summed E-state index contributed by atoms with van der Waals surface area (Å²) in [6.45, 7) is -0.719. The number of aliphatic hydroxyl groups is 1. The Bertz CT molecular complexity index is 430. The van der Waals surface area contributed by atoms with Crippen LogP contribution in [0.3, 0.4) is 0 Å². The van der Waals surface area contributed by atoms with Gasteiger partial charge in [-0.1, -0.05) is 29.3 Å². The number of carbonyl (C=O) groups excluding carboxylic acids is 1. The van der Waals surface area contributed by atoms with Gasteiger partial charge in [-0.3, -0.25) is 4.79 Å². The second kappa shape index (κ2) is 5.86. The summed E-state index contributed by atoms with van der Waals surface area (Å²) in [5.74, 6) is -2.09. The zero-order valence-corrected chi connectivity index (χ0v) is 10.00. The second-order valence-corrected chi connectivity index (χ2v) is 3.96. The number of aliphatic carboxylic acids is 1. The Hall–Kier alpha value is -1.30. The first-order valence-electron chi connectivity index (χ1n) is 4.56. The summed E-state index contributed by atoms with van der Waals surface area (Å²) in [6, 6.07) is 3.07. The van der Waals surface area contributed by atoms with E-state index in [0.29, 0.717) is 0 Å². The molecule has 0 bridgehead atoms. The fourth-order valence-corrected chi connectivity index (χ4v) is 1.70. The van der Waals surface area contributed by atoms with E-state index in [9.17, 15) is 9.59 Å². The molecule has 0 heterocycles. The fraction of sp³-hybridized carbons (Fsp3) is 0.200. The predicted octanol–water partition coefficient (Wildman–Crippen LogP) is 1.17. The van der Waals surface area contributed by atoms with Crippen LogP contribution in [0.25, 0.3) is 0 Å². The number of halogens is 2. The summed E-state index contributed by atoms with van der Waals surface area (Å²) in [5, 5.41) is 19.8. The topological polar surface area (TPSA) is 86.6 Å². The number of amides is 1. The highest BCUT2D eigenvalue weighted by Gasteiger charge is 2.22. The third kappa shape index (κ3) is 3.33. The van der Waals surface area contributed by atoms with Crippen LogP contribution >= 0.6 is 23.2 Å². The molecule has 0 radical (unpaired) electrons. The molecule has 1 aromatic carbocycles. The van der Waals surface area contributed by atoms with E-state index in [-0.39, 0.29) is 15.6 Å². The molecule has 0 aliphatic carbocycles. The van der Waals surface area contributed by atoms with E-state index in [4.69, 9.17) is 33.4 Å². The number of nitrogens with one attached hydrogen (secondary N) is 1. The van der Waals surface area contributed by atoms with Crippen molar-refractivity contribution >= 4 is 35.1 Å². The van der Waals surface area contributed by atoms with E-state index >= 15 is 0 Å². The molecule has 0 aromatic heterocycles. The Morgan fingerprint density at radius 1 is 1.29 bits per heavy atom. The highest BCUT2D eigenvalue weighted by molar-refractivity contribution is 6.39. The highest BCUT2D eigenvalue weighted by Crippen LogP contribution is 2.23. The molecule has 0 saturated heterocycles. The minimum atomic E-state index is -1.39. The van der Waals surface area contributed by atoms with Crippen molar-refractivity contribution < 1.29 is 19.8 Å². The number of benzene rings is 1. The molecule has 5 nitrogen and oxygen atoms in total. The Morgan fingerprint density at radius 3 is 2.24 bits per heavy atom. The molecular weight excluding hydrogens is 269 g/mol. The summed E-state index contributed by atoms with van der Waals surface area (Å²) in [5.41, 5.74) is -0.0180. The maximum Gasteiger partial charge on any atom is 0.328 e. The largest absolute Gasteiger partial charge is 0.480 e. The van der Waals surface area contributed by atoms with Crippen LogP contribution in [0.4, 0.5) is 0 Å². The van der Waals surface area contributed by atoms with Crippen molar-refractivity contribution in [3.63, 3.8) is 0 Å². The molecule has 1 rings (SSSR count). The molecule has 0 spiro atoms. The molecule has 92 valence electrons. The minimum Gasteiger partial charge on any atom is -0.480 e. The summed E-state index contributed by atoms with van der Waals surface area (Å²) in [4.78, 5) is 22.3. The van der Waals surface area contributed by atoms with Gasteiger partial charge in [-0.15, -0.1) is 0 Å². The van der Waals surface area contributed by atoms with Gasteiger partial charge in [-0.25, -0.2) is 4.79 Å². The van der Waals surface area contributed by atoms with Crippen LogP contribution in [0.2, 0.25) is 10.0 Å². The van der Waals surface area contributed by atoms with Crippen LogP contribution in [-0.4, -0.2) is 34.7 Å². The normalized spacial score (nSPS) is 11.9. The maximum atomic E-state index is 11.7. The quantitative estimate of drug-likeness (QED) is 0.771. The van der Waals surface area contributed by atoms with Gasteiger partial charge in [0.1, 0.15) is 0 Å². The van der Waals surface area contributed by atoms with Crippen LogP contribution in [-0.2, 0) is 4.79 Å². The Labute approximate surface area is 107 Å². The van der Waals surface area contributed by atoms with Crippen LogP contribution in [0, 0.1) is 0 Å². The molecule has 1 atom stereocenters. The lowest BCUT2D eigenvalue weighted by Gasteiger charge is -2.13. The number of hydrogen-bond acceptors (Lipinski definition) is 3. The SMILES string of the molecule is O=C(N[C@H](CO)C(=O)O)c1c(Cl)cccc1Cl. The number of carboxylic acid groups (broad SMARTS) is 1. The van der Waals surface area contributed by atoms with Crippen LogP contribution in [0.5, 0.6) is 0 Å². The van der Waals surface area contributed by atoms with Gasteiger partial charge in [0, 0.05) is 0 Å². The van der Waals surface area contributed by atoms with E-state index in [1.54, 1.807) is 6.07 Å². The molecule has 0 aliphatic heterocycles. The summed E-state index contributed by atoms with van der Waals surface area (Å²) >= 11 is 11.6. The number of carbonyl (C=O) groups is 2. The third-order valence-corrected chi connectivity index (χ3v) is 2.61. The average molecular weight is 278 g/mol. The maximum absolute atomic E-state index is 11.7. The van der Waals surface area contributed by atoms with Crippen molar-refractivity contribution in [1.82, 2.24) is 5.32 Å². The second-order valence-electron chi connectivity index (χ2n) is 3.14. The zero-order chi connectivity index (χ0) is 13.0. The van der Waals surface area contributed by atoms with Gasteiger partial charge in [0.25, 0.3) is 5.91 Å². The van der Waals surface area contributed by atoms with Gasteiger partial charge in [0.2, 0.25) is 0 Å². The van der Waals surface area contributed by atoms with Gasteiger partial charge >= 0.3 is 5.97 Å². The number of aliphatic hydroxyl groups excluding tert-OH is 1. The van der Waals surface area contributed by atoms with Crippen LogP contribution in [0.1, 0.15) is 10.4 Å². The molecule has 0 saturated carbocycles. The molecule has 0 aliphatic rings. The van der Waals surface area contributed by atoms with Crippen LogP contribution < -0.4 is 5.32 Å². The lowest BCUT2D eigenvalue weighted by atomic mass is 10.2. The van der Waals surface area contributed by atoms with Gasteiger partial charge in [-0.2, -0.15) is 0 Å². The monoisotopic (exact) mass is 277 g/mol. The standard InChI is InChI=1S/C10H9Cl2NO4/c11-5-2-1-3-6(12)8(5)9(15)13-7(4-14)10(16)17/h1-3,7,14H,4H2,(H,13,15)(H,16,17)/t7-/m1/s1. The smallest absolute Gasteiger partial charge is 0.328 e. The van der Waals surface area contributed by atoms with Crippen molar-refractivity contribution in [2.45, 2.75) is 6.04 Å². The van der Waals surface area contributed by atoms with Crippen molar-refractivity contribution in [2.75, 3.05) is 6.61 Å². The zero-order valence-electron chi connectivity index (χ0n) is 8.48. The van der Waals surface area contributed by atoms with Gasteiger partial charge in [0.05, 0.1) is 22.2 Å². The Kier molecular flexibility index (Phi) is 4.74. The molecule has 7 heteroatoms. The number of hydrogen-bond donors (Lipinski definition) is 3. The highest BCUT2D eigenvalue weighted by atomic mass is 35.5. The van der Waals surface area contributed by atoms with E-state index in [0.717, 1.165) is 0 Å². The molecule has 0 fully saturated rings. The first-order chi connectivity index (χ1) is 7.97. The molecule has 3 N–H and O–H groups in total. The van der Waals surface area contributed by atoms with Gasteiger partial charge < -0.3 is 15.5 Å². The summed E-state index contributed by atoms with van der Waals surface area (Å²) in [6.07, 6.45) is 0. The van der Waals surface area contributed by atoms with E-state index in [1.807, 2.05) is 0 Å². The van der Waals surface area contributed by atoms with Gasteiger partial charge in [-0.05, 0) is 12.1 Å². The average Bonchev–Trinajstić information content (AvgIpc) is 2.25. The van der Waals surface area contributed by atoms with E-state index < -0.39 is 24.5 Å². The number of rotatable bonds is 4. The summed E-state index contributed by atoms with van der Waals surface area (Å²) in [7, 11) is 0. The van der Waals surface area contributed by atoms with E-state index in [2.05, 4.69) is 5.32 Å². The predicted molar refractivity (Wildman–Crippen MR) is 62.4 cm³/mol. The molecule has 1 aromatic rings. The third-order valence-electron chi connectivity index (χ3n) is 1.98. The minimum absolute atomic E-state index is 0.0180. The molecule has 1 amide bonds. The lowest BCUT2D eigenvalue weighted by molar-refractivity contribution is -0.140. The Morgan fingerprint density at radius 2 is 1.82 bits per heavy atom. The van der Waals surface area contributed by atoms with Crippen molar-refractivity contribution in [1.29, 1.82) is 0 Å². The molecule has 0 unspecified atom stereocenters. The van der Waals surface area contributed by atoms with Crippen molar-refractivity contribution in [3.8, 4) is 0 Å². The fourth-order valence-electron chi connectivity index (χ4n) is 1.13. The Balaban J connectivity index is 2.94. The first-order valence-corrected chi connectivity index (χ1v) is 5.31. The van der Waals surface area contributed by atoms with Crippen LogP contribution in [0.15, 0.2) is 18.2 Å². The lowest BCUT2D eigenvalue weighted by Crippen LogP contribution is -2.43. The van der Waals surface area contributed by atoms with Crippen molar-refractivity contribution in [3.05, 3.63) is 33.8 Å². The molecule has 17 heavy (non-hydrogen) atoms. The number of carboxylic acids is 1. The molecular formula is C10H9Cl2NO4. The summed E-state index contributed by atoms with van der Waals surface area (Å²) < 4.78 is 0.